The maximum atomic E-state index is 13.0. The van der Waals surface area contributed by atoms with Gasteiger partial charge in [-0.05, 0) is 37.3 Å². The Kier molecular flexibility index (Phi) is 7.75. The Labute approximate surface area is 174 Å². The Balaban J connectivity index is 1.22. The zero-order valence-corrected chi connectivity index (χ0v) is 16.8. The van der Waals surface area contributed by atoms with E-state index in [-0.39, 0.29) is 11.6 Å². The second kappa shape index (κ2) is 10.7. The van der Waals surface area contributed by atoms with Gasteiger partial charge in [0.1, 0.15) is 5.69 Å². The van der Waals surface area contributed by atoms with Gasteiger partial charge in [-0.3, -0.25) is 4.79 Å². The number of amides is 3. The summed E-state index contributed by atoms with van der Waals surface area (Å²) >= 11 is 0. The van der Waals surface area contributed by atoms with Crippen LogP contribution in [0.25, 0.3) is 0 Å². The lowest BCUT2D eigenvalue weighted by Gasteiger charge is -2.15. The Morgan fingerprint density at radius 2 is 1.93 bits per heavy atom. The highest BCUT2D eigenvalue weighted by molar-refractivity contribution is 5.92. The van der Waals surface area contributed by atoms with Crippen molar-refractivity contribution in [1.29, 1.82) is 0 Å². The number of likely N-dealkylation sites (tertiary alicyclic amines) is 1. The molecule has 1 aliphatic heterocycles. The zero-order valence-electron chi connectivity index (χ0n) is 16.8. The molecule has 2 aromatic rings. The number of nitrogens with zero attached hydrogens (tertiary/aromatic N) is 2. The van der Waals surface area contributed by atoms with Crippen LogP contribution in [0.2, 0.25) is 0 Å². The summed E-state index contributed by atoms with van der Waals surface area (Å²) < 4.78 is 26.0. The topological polar surface area (TPSA) is 90.1 Å². The number of carbonyl (C=O) groups excluding carboxylic acids is 2. The number of pyridine rings is 1. The normalized spacial score (nSPS) is 15.9. The molecule has 162 valence electrons. The van der Waals surface area contributed by atoms with Crippen molar-refractivity contribution in [2.45, 2.75) is 38.5 Å². The number of halogens is 2. The van der Waals surface area contributed by atoms with E-state index in [1.165, 1.54) is 0 Å². The largest absolute Gasteiger partial charge is 0.357 e. The average Bonchev–Trinajstić information content (AvgIpc) is 3.38. The first-order valence-corrected chi connectivity index (χ1v) is 10.3. The van der Waals surface area contributed by atoms with Crippen LogP contribution in [-0.2, 0) is 0 Å². The number of nitrogens with one attached hydrogen (secondary N) is 3. The number of hydrogen-bond acceptors (Lipinski definition) is 3. The number of anilines is 1. The standard InChI is InChI=1S/C21H27F2N5O2/c22-18-12-16(13-19(23)27-18)26-21(30)25-9-4-2-1-3-6-15-8-11-28(14-15)20(29)17-7-5-10-24-17/h5,7,10,12-13,15,24H,1-4,6,8-9,11,14H2,(H2,25,26,27,30). The van der Waals surface area contributed by atoms with Gasteiger partial charge in [-0.1, -0.05) is 19.3 Å². The van der Waals surface area contributed by atoms with Gasteiger partial charge in [-0.15, -0.1) is 0 Å². The van der Waals surface area contributed by atoms with E-state index in [9.17, 15) is 18.4 Å². The zero-order chi connectivity index (χ0) is 21.3. The maximum Gasteiger partial charge on any atom is 0.319 e. The molecule has 0 saturated carbocycles. The highest BCUT2D eigenvalue weighted by Gasteiger charge is 2.26. The molecule has 1 atom stereocenters. The third kappa shape index (κ3) is 6.53. The summed E-state index contributed by atoms with van der Waals surface area (Å²) in [5.41, 5.74) is 0.671. The number of H-pyrrole nitrogens is 1. The first kappa shape index (κ1) is 21.7. The van der Waals surface area contributed by atoms with Crippen LogP contribution in [0.5, 0.6) is 0 Å². The number of hydrogen-bond donors (Lipinski definition) is 3. The van der Waals surface area contributed by atoms with E-state index >= 15 is 0 Å². The van der Waals surface area contributed by atoms with E-state index in [1.807, 2.05) is 11.0 Å². The number of aromatic nitrogens is 2. The van der Waals surface area contributed by atoms with E-state index in [0.29, 0.717) is 18.2 Å². The first-order chi connectivity index (χ1) is 14.5. The van der Waals surface area contributed by atoms with Gasteiger partial charge in [0.15, 0.2) is 0 Å². The predicted octanol–water partition coefficient (Wildman–Crippen LogP) is 3.92. The molecule has 2 aromatic heterocycles. The van der Waals surface area contributed by atoms with Gasteiger partial charge in [0, 0.05) is 38.0 Å². The van der Waals surface area contributed by atoms with Crippen LogP contribution in [0.3, 0.4) is 0 Å². The number of carbonyl (C=O) groups is 2. The Bertz CT molecular complexity index is 824. The number of rotatable bonds is 9. The fourth-order valence-corrected chi connectivity index (χ4v) is 3.71. The molecular formula is C21H27F2N5O2. The van der Waals surface area contributed by atoms with Gasteiger partial charge in [0.05, 0.1) is 5.69 Å². The van der Waals surface area contributed by atoms with Gasteiger partial charge in [-0.2, -0.15) is 13.8 Å². The molecule has 1 fully saturated rings. The Hall–Kier alpha value is -2.97. The van der Waals surface area contributed by atoms with Crippen LogP contribution in [0.1, 0.15) is 49.0 Å². The van der Waals surface area contributed by atoms with Gasteiger partial charge < -0.3 is 20.5 Å². The van der Waals surface area contributed by atoms with E-state index in [0.717, 1.165) is 63.7 Å². The summed E-state index contributed by atoms with van der Waals surface area (Å²) in [6.07, 6.45) is 7.87. The van der Waals surface area contributed by atoms with Crippen molar-refractivity contribution in [3.63, 3.8) is 0 Å². The Morgan fingerprint density at radius 3 is 2.67 bits per heavy atom. The summed E-state index contributed by atoms with van der Waals surface area (Å²) in [7, 11) is 0. The molecule has 0 radical (unpaired) electrons. The molecule has 3 N–H and O–H groups in total. The third-order valence-corrected chi connectivity index (χ3v) is 5.25. The van der Waals surface area contributed by atoms with E-state index < -0.39 is 17.9 Å². The molecule has 7 nitrogen and oxygen atoms in total. The Morgan fingerprint density at radius 1 is 1.17 bits per heavy atom. The lowest BCUT2D eigenvalue weighted by molar-refractivity contribution is 0.0781. The molecule has 30 heavy (non-hydrogen) atoms. The second-order valence-electron chi connectivity index (χ2n) is 7.57. The van der Waals surface area contributed by atoms with Crippen molar-refractivity contribution >= 4 is 17.6 Å². The molecule has 1 aliphatic rings. The monoisotopic (exact) mass is 419 g/mol. The maximum absolute atomic E-state index is 13.0. The SMILES string of the molecule is O=C(NCCCCCCC1CCN(C(=O)c2ccc[nH]2)C1)Nc1cc(F)nc(F)c1. The highest BCUT2D eigenvalue weighted by atomic mass is 19.1. The van der Waals surface area contributed by atoms with Gasteiger partial charge in [0.2, 0.25) is 11.9 Å². The predicted molar refractivity (Wildman–Crippen MR) is 109 cm³/mol. The lowest BCUT2D eigenvalue weighted by Crippen LogP contribution is -2.29. The number of unbranched alkanes of at least 4 members (excludes halogenated alkanes) is 3. The van der Waals surface area contributed by atoms with Crippen molar-refractivity contribution in [3.05, 3.63) is 48.1 Å². The van der Waals surface area contributed by atoms with Crippen LogP contribution < -0.4 is 10.6 Å². The third-order valence-electron chi connectivity index (χ3n) is 5.25. The van der Waals surface area contributed by atoms with Gasteiger partial charge in [-0.25, -0.2) is 4.79 Å². The minimum atomic E-state index is -0.982. The summed E-state index contributed by atoms with van der Waals surface area (Å²) in [6, 6.07) is 5.05. The summed E-state index contributed by atoms with van der Waals surface area (Å²) in [5, 5.41) is 5.05. The minimum absolute atomic E-state index is 0.0258. The molecule has 9 heteroatoms. The van der Waals surface area contributed by atoms with E-state index in [2.05, 4.69) is 20.6 Å². The van der Waals surface area contributed by atoms with Crippen molar-refractivity contribution < 1.29 is 18.4 Å². The van der Waals surface area contributed by atoms with Crippen molar-refractivity contribution in [2.75, 3.05) is 25.0 Å². The quantitative estimate of drug-likeness (QED) is 0.425. The van der Waals surface area contributed by atoms with Crippen LogP contribution in [0.4, 0.5) is 19.3 Å². The summed E-state index contributed by atoms with van der Waals surface area (Å²) in [5.74, 6) is -1.34. The molecule has 3 amide bonds. The second-order valence-corrected chi connectivity index (χ2v) is 7.57. The summed E-state index contributed by atoms with van der Waals surface area (Å²) in [4.78, 5) is 31.9. The first-order valence-electron chi connectivity index (χ1n) is 10.3. The lowest BCUT2D eigenvalue weighted by atomic mass is 10.00. The molecule has 0 spiro atoms. The van der Waals surface area contributed by atoms with Crippen LogP contribution in [0, 0.1) is 17.8 Å². The molecule has 3 heterocycles. The molecular weight excluding hydrogens is 392 g/mol. The molecule has 0 aromatic carbocycles. The van der Waals surface area contributed by atoms with Crippen LogP contribution in [-0.4, -0.2) is 46.4 Å². The molecule has 3 rings (SSSR count). The molecule has 1 saturated heterocycles. The van der Waals surface area contributed by atoms with Gasteiger partial charge >= 0.3 is 6.03 Å². The molecule has 1 unspecified atom stereocenters. The molecule has 0 bridgehead atoms. The van der Waals surface area contributed by atoms with Crippen molar-refractivity contribution in [1.82, 2.24) is 20.2 Å². The van der Waals surface area contributed by atoms with Crippen molar-refractivity contribution in [2.24, 2.45) is 5.92 Å². The van der Waals surface area contributed by atoms with E-state index in [1.54, 1.807) is 12.3 Å². The fourth-order valence-electron chi connectivity index (χ4n) is 3.71. The van der Waals surface area contributed by atoms with Gasteiger partial charge in [0.25, 0.3) is 5.91 Å². The number of urea groups is 1. The fraction of sp³-hybridized carbons (Fsp3) is 0.476. The molecule has 0 aliphatic carbocycles. The highest BCUT2D eigenvalue weighted by Crippen LogP contribution is 2.23. The minimum Gasteiger partial charge on any atom is -0.357 e. The number of aromatic amines is 1. The smallest absolute Gasteiger partial charge is 0.319 e. The summed E-state index contributed by atoms with van der Waals surface area (Å²) in [6.45, 7) is 2.12. The van der Waals surface area contributed by atoms with Crippen molar-refractivity contribution in [3.8, 4) is 0 Å². The average molecular weight is 419 g/mol. The van der Waals surface area contributed by atoms with E-state index in [4.69, 9.17) is 0 Å². The van der Waals surface area contributed by atoms with Crippen LogP contribution >= 0.6 is 0 Å². The van der Waals surface area contributed by atoms with Crippen LogP contribution in [0.15, 0.2) is 30.5 Å².